The van der Waals surface area contributed by atoms with Gasteiger partial charge in [-0.05, 0) is 26.0 Å². The molecule has 1 saturated heterocycles. The van der Waals surface area contributed by atoms with Crippen LogP contribution in [0.1, 0.15) is 18.9 Å². The van der Waals surface area contributed by atoms with Crippen LogP contribution in [-0.4, -0.2) is 90.1 Å². The first-order chi connectivity index (χ1) is 14.4. The van der Waals surface area contributed by atoms with E-state index in [1.54, 1.807) is 11.8 Å². The average molecular weight is 479 g/mol. The molecule has 0 radical (unpaired) electrons. The molecule has 1 fully saturated rings. The van der Waals surface area contributed by atoms with Gasteiger partial charge in [0.2, 0.25) is 10.0 Å². The number of nitro benzene ring substituents is 1. The Morgan fingerprint density at radius 2 is 1.74 bits per heavy atom. The summed E-state index contributed by atoms with van der Waals surface area (Å²) in [5.41, 5.74) is 0.455. The lowest BCUT2D eigenvalue weighted by atomic mass is 10.1. The van der Waals surface area contributed by atoms with Crippen molar-refractivity contribution in [2.24, 2.45) is 0 Å². The lowest BCUT2D eigenvalue weighted by Gasteiger charge is -2.34. The van der Waals surface area contributed by atoms with E-state index in [1.165, 1.54) is 10.4 Å². The van der Waals surface area contributed by atoms with Gasteiger partial charge in [-0.3, -0.25) is 14.3 Å². The fourth-order valence-corrected chi connectivity index (χ4v) is 5.61. The maximum absolute atomic E-state index is 13.5. The molecule has 0 spiro atoms. The van der Waals surface area contributed by atoms with E-state index in [4.69, 9.17) is 4.18 Å². The van der Waals surface area contributed by atoms with E-state index in [-0.39, 0.29) is 36.8 Å². The summed E-state index contributed by atoms with van der Waals surface area (Å²) in [6, 6.07) is 2.43. The summed E-state index contributed by atoms with van der Waals surface area (Å²) in [5.74, 6) is 0. The molecule has 1 heterocycles. The van der Waals surface area contributed by atoms with Crippen LogP contribution in [0.15, 0.2) is 17.0 Å². The minimum atomic E-state index is -4.01. The predicted molar refractivity (Wildman–Crippen MR) is 117 cm³/mol. The largest absolute Gasteiger partial charge is 0.368 e. The van der Waals surface area contributed by atoms with E-state index in [2.05, 4.69) is 0 Å². The fourth-order valence-electron chi connectivity index (χ4n) is 3.51. The van der Waals surface area contributed by atoms with Crippen molar-refractivity contribution >= 4 is 31.5 Å². The van der Waals surface area contributed by atoms with Crippen LogP contribution in [0.25, 0.3) is 0 Å². The number of rotatable bonds is 10. The molecular formula is C18H30N4O7S2. The van der Waals surface area contributed by atoms with Crippen LogP contribution in [0.4, 0.5) is 11.4 Å². The molecule has 0 amide bonds. The highest BCUT2D eigenvalue weighted by atomic mass is 32.2. The van der Waals surface area contributed by atoms with Crippen LogP contribution >= 0.6 is 0 Å². The molecule has 0 unspecified atom stereocenters. The SMILES string of the molecule is CCCN(CCOS(C)(=O)=O)c1c(C)cc([N+](=O)[O-])cc1S(=O)(=O)N1CCN(C)CC1. The Balaban J connectivity index is 2.55. The Bertz CT molecular complexity index is 1000. The van der Waals surface area contributed by atoms with Crippen molar-refractivity contribution in [1.29, 1.82) is 0 Å². The van der Waals surface area contributed by atoms with Gasteiger partial charge in [0.25, 0.3) is 15.8 Å². The molecule has 0 bridgehead atoms. The molecule has 31 heavy (non-hydrogen) atoms. The molecule has 0 saturated carbocycles. The van der Waals surface area contributed by atoms with Crippen molar-refractivity contribution in [2.45, 2.75) is 25.2 Å². The lowest BCUT2D eigenvalue weighted by molar-refractivity contribution is -0.385. The molecule has 2 rings (SSSR count). The Hall–Kier alpha value is -1.80. The van der Waals surface area contributed by atoms with Gasteiger partial charge in [-0.25, -0.2) is 8.42 Å². The van der Waals surface area contributed by atoms with E-state index in [0.717, 1.165) is 12.3 Å². The third-order valence-corrected chi connectivity index (χ3v) is 7.52. The van der Waals surface area contributed by atoms with Crippen molar-refractivity contribution in [2.75, 3.05) is 64.1 Å². The van der Waals surface area contributed by atoms with Gasteiger partial charge in [0, 0.05) is 51.4 Å². The second kappa shape index (κ2) is 10.2. The van der Waals surface area contributed by atoms with Crippen molar-refractivity contribution in [1.82, 2.24) is 9.21 Å². The van der Waals surface area contributed by atoms with Gasteiger partial charge in [-0.1, -0.05) is 6.92 Å². The van der Waals surface area contributed by atoms with Gasteiger partial charge in [-0.2, -0.15) is 12.7 Å². The van der Waals surface area contributed by atoms with E-state index < -0.39 is 25.1 Å². The van der Waals surface area contributed by atoms with Crippen LogP contribution in [0.5, 0.6) is 0 Å². The first-order valence-corrected chi connectivity index (χ1v) is 13.2. The van der Waals surface area contributed by atoms with Gasteiger partial charge in [0.05, 0.1) is 23.5 Å². The number of aryl methyl sites for hydroxylation is 1. The molecule has 0 aliphatic carbocycles. The summed E-state index contributed by atoms with van der Waals surface area (Å²) < 4.78 is 55.9. The molecule has 0 aromatic heterocycles. The number of nitrogens with zero attached hydrogens (tertiary/aromatic N) is 4. The summed E-state index contributed by atoms with van der Waals surface area (Å²) in [4.78, 5) is 14.4. The lowest BCUT2D eigenvalue weighted by Crippen LogP contribution is -2.47. The van der Waals surface area contributed by atoms with Gasteiger partial charge >= 0.3 is 0 Å². The number of benzene rings is 1. The van der Waals surface area contributed by atoms with Crippen LogP contribution in [0.2, 0.25) is 0 Å². The highest BCUT2D eigenvalue weighted by Crippen LogP contribution is 2.35. The van der Waals surface area contributed by atoms with E-state index in [0.29, 0.717) is 37.3 Å². The van der Waals surface area contributed by atoms with E-state index >= 15 is 0 Å². The number of hydrogen-bond donors (Lipinski definition) is 0. The normalized spacial score (nSPS) is 16.4. The number of likely N-dealkylation sites (N-methyl/N-ethyl adjacent to an activating group) is 1. The summed E-state index contributed by atoms with van der Waals surface area (Å²) in [5, 5.41) is 11.4. The average Bonchev–Trinajstić information content (AvgIpc) is 2.66. The smallest absolute Gasteiger partial charge is 0.271 e. The standard InChI is InChI=1S/C18H30N4O7S2/c1-5-6-20(11-12-29-30(4,25)26)18-15(2)13-16(22(23)24)14-17(18)31(27,28)21-9-7-19(3)8-10-21/h13-14H,5-12H2,1-4H3. The van der Waals surface area contributed by atoms with E-state index in [1.807, 2.05) is 18.9 Å². The number of sulfonamides is 1. The first kappa shape index (κ1) is 25.5. The zero-order valence-corrected chi connectivity index (χ0v) is 19.9. The first-order valence-electron chi connectivity index (χ1n) is 9.94. The number of non-ortho nitro benzene ring substituents is 1. The number of nitro groups is 1. The maximum Gasteiger partial charge on any atom is 0.271 e. The molecular weight excluding hydrogens is 448 g/mol. The Morgan fingerprint density at radius 3 is 2.26 bits per heavy atom. The Morgan fingerprint density at radius 1 is 1.13 bits per heavy atom. The third kappa shape index (κ3) is 6.59. The number of hydrogen-bond acceptors (Lipinski definition) is 9. The van der Waals surface area contributed by atoms with Crippen LogP contribution in [0.3, 0.4) is 0 Å². The number of piperazine rings is 1. The third-order valence-electron chi connectivity index (χ3n) is 5.01. The fraction of sp³-hybridized carbons (Fsp3) is 0.667. The highest BCUT2D eigenvalue weighted by Gasteiger charge is 2.33. The summed E-state index contributed by atoms with van der Waals surface area (Å²) in [6.45, 7) is 5.58. The molecule has 11 nitrogen and oxygen atoms in total. The highest BCUT2D eigenvalue weighted by molar-refractivity contribution is 7.89. The molecule has 0 N–H and O–H groups in total. The monoisotopic (exact) mass is 478 g/mol. The Kier molecular flexibility index (Phi) is 8.39. The van der Waals surface area contributed by atoms with Crippen LogP contribution in [-0.2, 0) is 24.3 Å². The van der Waals surface area contributed by atoms with Crippen LogP contribution in [0, 0.1) is 17.0 Å². The molecule has 0 atom stereocenters. The maximum atomic E-state index is 13.5. The quantitative estimate of drug-likeness (QED) is 0.275. The minimum Gasteiger partial charge on any atom is -0.368 e. The van der Waals surface area contributed by atoms with Crippen molar-refractivity contribution < 1.29 is 25.9 Å². The summed E-state index contributed by atoms with van der Waals surface area (Å²) in [7, 11) is -5.76. The molecule has 1 aliphatic rings. The molecule has 13 heteroatoms. The van der Waals surface area contributed by atoms with Crippen molar-refractivity contribution in [3.8, 4) is 0 Å². The summed E-state index contributed by atoms with van der Waals surface area (Å²) in [6.07, 6.45) is 1.60. The zero-order chi connectivity index (χ0) is 23.4. The second-order valence-electron chi connectivity index (χ2n) is 7.59. The van der Waals surface area contributed by atoms with Gasteiger partial charge in [0.1, 0.15) is 4.90 Å². The van der Waals surface area contributed by atoms with Crippen molar-refractivity contribution in [3.63, 3.8) is 0 Å². The minimum absolute atomic E-state index is 0.116. The second-order valence-corrected chi connectivity index (χ2v) is 11.1. The van der Waals surface area contributed by atoms with Gasteiger partial charge in [0.15, 0.2) is 0 Å². The molecule has 176 valence electrons. The zero-order valence-electron chi connectivity index (χ0n) is 18.3. The number of anilines is 1. The molecule has 1 aromatic carbocycles. The van der Waals surface area contributed by atoms with Gasteiger partial charge < -0.3 is 9.80 Å². The topological polar surface area (TPSA) is 130 Å². The molecule has 1 aromatic rings. The van der Waals surface area contributed by atoms with Gasteiger partial charge in [-0.15, -0.1) is 0 Å². The van der Waals surface area contributed by atoms with Crippen LogP contribution < -0.4 is 4.90 Å². The Labute approximate surface area is 183 Å². The van der Waals surface area contributed by atoms with E-state index in [9.17, 15) is 26.9 Å². The molecule has 1 aliphatic heterocycles. The predicted octanol–water partition coefficient (Wildman–Crippen LogP) is 1.03. The van der Waals surface area contributed by atoms with Crippen molar-refractivity contribution in [3.05, 3.63) is 27.8 Å². The summed E-state index contributed by atoms with van der Waals surface area (Å²) >= 11 is 0.